The van der Waals surface area contributed by atoms with E-state index in [2.05, 4.69) is 13.0 Å². The number of carbonyl (C=O) groups is 3. The zero-order valence-electron chi connectivity index (χ0n) is 42.7. The highest BCUT2D eigenvalue weighted by atomic mass is 16.8. The molecule has 8 N–H and O–H groups in total. The van der Waals surface area contributed by atoms with Crippen molar-refractivity contribution in [2.24, 2.45) is 40.4 Å². The van der Waals surface area contributed by atoms with Gasteiger partial charge in [-0.1, -0.05) is 76.6 Å². The van der Waals surface area contributed by atoms with E-state index in [1.54, 1.807) is 31.2 Å². The molecular formula is C54H78O19. The predicted molar refractivity (Wildman–Crippen MR) is 257 cm³/mol. The number of carbonyl (C=O) groups excluding carboxylic acids is 3. The molecule has 22 atom stereocenters. The van der Waals surface area contributed by atoms with Crippen molar-refractivity contribution in [3.63, 3.8) is 0 Å². The molecule has 7 aliphatic rings. The summed E-state index contributed by atoms with van der Waals surface area (Å²) < 4.78 is 48.5. The van der Waals surface area contributed by atoms with E-state index in [-0.39, 0.29) is 47.4 Å². The molecule has 1 aromatic rings. The predicted octanol–water partition coefficient (Wildman–Crippen LogP) is 2.24. The molecule has 3 aliphatic heterocycles. The van der Waals surface area contributed by atoms with Crippen molar-refractivity contribution in [1.29, 1.82) is 0 Å². The number of benzene rings is 1. The van der Waals surface area contributed by atoms with Crippen LogP contribution in [0.15, 0.2) is 48.1 Å². The zero-order valence-corrected chi connectivity index (χ0v) is 42.7. The number of hydrogen-bond donors (Lipinski definition) is 8. The zero-order chi connectivity index (χ0) is 52.7. The maximum Gasteiger partial charge on any atom is 0.331 e. The Labute approximate surface area is 426 Å². The van der Waals surface area contributed by atoms with Gasteiger partial charge in [-0.3, -0.25) is 9.59 Å². The third kappa shape index (κ3) is 11.0. The summed E-state index contributed by atoms with van der Waals surface area (Å²) in [5.74, 6) is -2.39. The molecule has 0 radical (unpaired) electrons. The summed E-state index contributed by atoms with van der Waals surface area (Å²) in [6, 6.07) is 8.94. The Morgan fingerprint density at radius 3 is 2.18 bits per heavy atom. The number of aliphatic hydroxyl groups is 8. The second kappa shape index (κ2) is 22.8. The normalized spacial score (nSPS) is 44.1. The van der Waals surface area contributed by atoms with Crippen LogP contribution >= 0.6 is 0 Å². The summed E-state index contributed by atoms with van der Waals surface area (Å²) in [5, 5.41) is 88.0. The molecule has 73 heavy (non-hydrogen) atoms. The van der Waals surface area contributed by atoms with E-state index in [0.29, 0.717) is 44.1 Å². The first-order valence-corrected chi connectivity index (χ1v) is 26.2. The fourth-order valence-electron chi connectivity index (χ4n) is 13.6. The van der Waals surface area contributed by atoms with Gasteiger partial charge in [0.2, 0.25) is 0 Å². The molecule has 3 heterocycles. The van der Waals surface area contributed by atoms with Crippen molar-refractivity contribution >= 4 is 23.8 Å². The Kier molecular flexibility index (Phi) is 17.4. The van der Waals surface area contributed by atoms with Crippen LogP contribution in [0.2, 0.25) is 0 Å². The van der Waals surface area contributed by atoms with Gasteiger partial charge in [0.25, 0.3) is 0 Å². The minimum Gasteiger partial charge on any atom is -0.454 e. The van der Waals surface area contributed by atoms with Gasteiger partial charge in [-0.25, -0.2) is 4.79 Å². The van der Waals surface area contributed by atoms with Crippen molar-refractivity contribution in [3.05, 3.63) is 53.6 Å². The largest absolute Gasteiger partial charge is 0.454 e. The van der Waals surface area contributed by atoms with Gasteiger partial charge in [-0.05, 0) is 92.1 Å². The number of ether oxygens (including phenoxy) is 8. The second-order valence-electron chi connectivity index (χ2n) is 22.6. The van der Waals surface area contributed by atoms with E-state index < -0.39 is 135 Å². The molecule has 0 spiro atoms. The highest BCUT2D eigenvalue weighted by Crippen LogP contribution is 2.69. The monoisotopic (exact) mass is 1030 g/mol. The van der Waals surface area contributed by atoms with Gasteiger partial charge in [0.1, 0.15) is 60.2 Å². The Morgan fingerprint density at radius 1 is 0.795 bits per heavy atom. The average molecular weight is 1030 g/mol. The SMILES string of the molecule is CC(=O)O[C@@H]1[C@@H](O[C@@H]2C[C@@H]3[C@H]4CC=C5C[C@H](O[C@H]6O[C@@H](CO)[C@H](O)[C@H](O)[C@H]6O)CC[C@]5(C)[C@H]4CC[C@@]3(C)[C@]2(O)[C@@H](C)C(=O)CCC(C)C)OC[C@H](O)[C@H]1O[C@H]1OC[C@H](O)[C@@H](O)[C@@H]1OC(=O)C=Cc1ccccc1. The molecule has 6 fully saturated rings. The molecule has 408 valence electrons. The Bertz CT molecular complexity index is 2140. The van der Waals surface area contributed by atoms with Crippen LogP contribution in [0.4, 0.5) is 0 Å². The van der Waals surface area contributed by atoms with Gasteiger partial charge in [-0.2, -0.15) is 0 Å². The number of aliphatic hydroxyl groups excluding tert-OH is 7. The van der Waals surface area contributed by atoms with Gasteiger partial charge >= 0.3 is 11.9 Å². The van der Waals surface area contributed by atoms with Crippen molar-refractivity contribution in [2.75, 3.05) is 19.8 Å². The van der Waals surface area contributed by atoms with E-state index in [1.165, 1.54) is 11.6 Å². The van der Waals surface area contributed by atoms with Crippen LogP contribution in [0.25, 0.3) is 6.08 Å². The minimum atomic E-state index is -1.76. The van der Waals surface area contributed by atoms with Gasteiger partial charge in [0, 0.05) is 30.8 Å². The highest BCUT2D eigenvalue weighted by molar-refractivity contribution is 5.87. The summed E-state index contributed by atoms with van der Waals surface area (Å²) in [7, 11) is 0. The first-order valence-electron chi connectivity index (χ1n) is 26.2. The first-order chi connectivity index (χ1) is 34.6. The lowest BCUT2D eigenvalue weighted by Crippen LogP contribution is -2.64. The van der Waals surface area contributed by atoms with Crippen LogP contribution < -0.4 is 0 Å². The number of Topliss-reactive ketones (excluding diaryl/α,β-unsaturated/α-hetero) is 1. The summed E-state index contributed by atoms with van der Waals surface area (Å²) in [6.07, 6.45) is -10.7. The van der Waals surface area contributed by atoms with Crippen molar-refractivity contribution in [1.82, 2.24) is 0 Å². The molecule has 0 amide bonds. The van der Waals surface area contributed by atoms with Gasteiger partial charge in [0.05, 0.1) is 32.0 Å². The summed E-state index contributed by atoms with van der Waals surface area (Å²) in [6.45, 7) is 9.91. The first kappa shape index (κ1) is 56.0. The smallest absolute Gasteiger partial charge is 0.331 e. The van der Waals surface area contributed by atoms with E-state index in [0.717, 1.165) is 25.8 Å². The Balaban J connectivity index is 1.05. The number of hydrogen-bond acceptors (Lipinski definition) is 19. The lowest BCUT2D eigenvalue weighted by atomic mass is 9.46. The Morgan fingerprint density at radius 2 is 1.49 bits per heavy atom. The van der Waals surface area contributed by atoms with Crippen molar-refractivity contribution in [3.8, 4) is 0 Å². The quantitative estimate of drug-likeness (QED) is 0.0669. The molecule has 19 nitrogen and oxygen atoms in total. The number of fused-ring (bicyclic) bond motifs is 5. The highest BCUT2D eigenvalue weighted by Gasteiger charge is 2.71. The molecular weight excluding hydrogens is 953 g/mol. The van der Waals surface area contributed by atoms with Gasteiger partial charge < -0.3 is 78.7 Å². The van der Waals surface area contributed by atoms with Crippen molar-refractivity contribution in [2.45, 2.75) is 197 Å². The van der Waals surface area contributed by atoms with Crippen LogP contribution in [0.3, 0.4) is 0 Å². The molecule has 3 saturated heterocycles. The molecule has 19 heteroatoms. The fourth-order valence-corrected chi connectivity index (χ4v) is 13.6. The maximum atomic E-state index is 14.3. The molecule has 1 aromatic carbocycles. The molecule has 0 unspecified atom stereocenters. The standard InChI is InChI=1S/C54H78O19/c1-27(2)12-16-36(57)28(3)54(65)40(23-35-33-15-14-31-22-32(18-20-52(31,5)34(33)19-21-53(35,54)6)69-49-45(64)44(63)43(62)39(24-55)70-49)71-51-48(68-29(4)56)46(38(59)26-67-51)73-50-47(42(61)37(58)25-66-50)72-41(60)17-13-30-10-8-7-9-11-30/h7-11,13-14,17,27-28,32-35,37-40,42-51,55,58-59,61-65H,12,15-16,18-26H2,1-6H3/t28-,32+,33-,34-,35+,37-,38-,39-,40+,42+,43-,44-,45+,46+,47-,48-,49-,50+,51+,52-,53+,54-/m0/s1. The second-order valence-corrected chi connectivity index (χ2v) is 22.6. The summed E-state index contributed by atoms with van der Waals surface area (Å²) in [5.41, 5.74) is -0.971. The summed E-state index contributed by atoms with van der Waals surface area (Å²) in [4.78, 5) is 40.4. The van der Waals surface area contributed by atoms with Crippen LogP contribution in [0.1, 0.15) is 105 Å². The third-order valence-corrected chi connectivity index (χ3v) is 17.8. The molecule has 4 aliphatic carbocycles. The lowest BCUT2D eigenvalue weighted by molar-refractivity contribution is -0.346. The third-order valence-electron chi connectivity index (χ3n) is 17.8. The molecule has 8 rings (SSSR count). The van der Waals surface area contributed by atoms with Crippen molar-refractivity contribution < 1.29 is 93.1 Å². The lowest BCUT2D eigenvalue weighted by Gasteiger charge is -2.59. The van der Waals surface area contributed by atoms with Gasteiger partial charge in [0.15, 0.2) is 31.1 Å². The van der Waals surface area contributed by atoms with Crippen LogP contribution in [0, 0.1) is 40.4 Å². The van der Waals surface area contributed by atoms with E-state index in [4.69, 9.17) is 37.9 Å². The molecule has 3 saturated carbocycles. The topological polar surface area (TPSA) is 287 Å². The minimum absolute atomic E-state index is 0.0513. The van der Waals surface area contributed by atoms with E-state index in [1.807, 2.05) is 26.8 Å². The number of rotatable bonds is 16. The maximum absolute atomic E-state index is 14.3. The fraction of sp³-hybridized carbons (Fsp3) is 0.759. The van der Waals surface area contributed by atoms with Crippen LogP contribution in [-0.2, 0) is 52.3 Å². The van der Waals surface area contributed by atoms with E-state index in [9.17, 15) is 55.2 Å². The number of ketones is 1. The number of allylic oxidation sites excluding steroid dienone is 1. The van der Waals surface area contributed by atoms with Crippen LogP contribution in [0.5, 0.6) is 0 Å². The summed E-state index contributed by atoms with van der Waals surface area (Å²) >= 11 is 0. The van der Waals surface area contributed by atoms with Gasteiger partial charge in [-0.15, -0.1) is 0 Å². The average Bonchev–Trinajstić information content (AvgIpc) is 3.59. The molecule has 0 bridgehead atoms. The Hall–Kier alpha value is -3.25. The van der Waals surface area contributed by atoms with Crippen LogP contribution in [-0.4, -0.2) is 176 Å². The number of esters is 2. The molecule has 0 aromatic heterocycles. The van der Waals surface area contributed by atoms with E-state index >= 15 is 0 Å².